The lowest BCUT2D eigenvalue weighted by molar-refractivity contribution is -0.163. The zero-order chi connectivity index (χ0) is 53.0. The third-order valence-corrected chi connectivity index (χ3v) is 14.6. The van der Waals surface area contributed by atoms with Crippen LogP contribution in [0.1, 0.15) is 110 Å². The van der Waals surface area contributed by atoms with Gasteiger partial charge in [0.15, 0.2) is 11.4 Å². The molecule has 4 aliphatic rings. The van der Waals surface area contributed by atoms with Gasteiger partial charge in [0.25, 0.3) is 11.7 Å². The van der Waals surface area contributed by atoms with Crippen molar-refractivity contribution in [3.05, 3.63) is 58.0 Å². The van der Waals surface area contributed by atoms with Gasteiger partial charge in [-0.05, 0) is 52.8 Å². The van der Waals surface area contributed by atoms with Crippen LogP contribution in [0.5, 0.6) is 17.2 Å². The number of fused-ring (bicyclic) bond motifs is 1. The molecule has 18 heteroatoms. The molecule has 1 amide bonds. The van der Waals surface area contributed by atoms with E-state index in [1.165, 1.54) is 26.4 Å². The second-order valence-electron chi connectivity index (χ2n) is 21.1. The summed E-state index contributed by atoms with van der Waals surface area (Å²) in [7, 11) is 5.31. The number of rotatable bonds is 12. The number of hydrogen-bond donors (Lipinski definition) is 5. The molecule has 1 saturated heterocycles. The van der Waals surface area contributed by atoms with Crippen LogP contribution in [0.4, 0.5) is 5.69 Å². The Bertz CT molecular complexity index is 2580. The number of allylic oxidation sites excluding steroid dienone is 2. The van der Waals surface area contributed by atoms with Crippen LogP contribution in [0.25, 0.3) is 10.8 Å². The number of methoxy groups -OCH3 is 1. The summed E-state index contributed by atoms with van der Waals surface area (Å²) in [4.78, 5) is 69.6. The van der Waals surface area contributed by atoms with Gasteiger partial charge >= 0.3 is 17.7 Å². The van der Waals surface area contributed by atoms with Crippen molar-refractivity contribution in [1.82, 2.24) is 9.80 Å². The summed E-state index contributed by atoms with van der Waals surface area (Å²) in [6.07, 6.45) is 5.32. The molecule has 2 aromatic rings. The van der Waals surface area contributed by atoms with Crippen molar-refractivity contribution < 1.29 is 63.3 Å². The molecule has 4 aliphatic heterocycles. The first kappa shape index (κ1) is 55.9. The van der Waals surface area contributed by atoms with E-state index in [-0.39, 0.29) is 75.5 Å². The number of piperidine rings is 1. The first-order chi connectivity index (χ1) is 33.9. The minimum absolute atomic E-state index is 0.00952. The van der Waals surface area contributed by atoms with Gasteiger partial charge in [-0.25, -0.2) is 0 Å². The molecule has 0 aliphatic carbocycles. The van der Waals surface area contributed by atoms with Crippen molar-refractivity contribution in [1.29, 1.82) is 0 Å². The summed E-state index contributed by atoms with van der Waals surface area (Å²) < 4.78 is 29.9. The smallest absolute Gasteiger partial charge is 0.312 e. The number of ketones is 1. The molecule has 18 nitrogen and oxygen atoms in total. The van der Waals surface area contributed by atoms with Crippen molar-refractivity contribution in [2.24, 2.45) is 39.6 Å². The Labute approximate surface area is 422 Å². The lowest BCUT2D eigenvalue weighted by Crippen LogP contribution is -2.46. The highest BCUT2D eigenvalue weighted by Crippen LogP contribution is 2.50. The Hall–Kier alpha value is -5.40. The van der Waals surface area contributed by atoms with E-state index in [1.807, 2.05) is 19.0 Å². The maximum absolute atomic E-state index is 14.9. The van der Waals surface area contributed by atoms with Gasteiger partial charge in [0.1, 0.15) is 28.6 Å². The van der Waals surface area contributed by atoms with Crippen LogP contribution in [0.2, 0.25) is 0 Å². The number of nitrogens with zero attached hydrogens (tertiary/aromatic N) is 4. The van der Waals surface area contributed by atoms with Crippen LogP contribution in [0.3, 0.4) is 0 Å². The summed E-state index contributed by atoms with van der Waals surface area (Å²) >= 11 is 0. The lowest BCUT2D eigenvalue weighted by atomic mass is 9.78. The predicted molar refractivity (Wildman–Crippen MR) is 270 cm³/mol. The van der Waals surface area contributed by atoms with Crippen LogP contribution in [-0.2, 0) is 33.3 Å². The average Bonchev–Trinajstić information content (AvgIpc) is 3.83. The predicted octanol–water partition coefficient (Wildman–Crippen LogP) is 5.39. The van der Waals surface area contributed by atoms with Gasteiger partial charge in [0, 0.05) is 106 Å². The van der Waals surface area contributed by atoms with Gasteiger partial charge < -0.3 is 59.2 Å². The number of Topliss-reactive ketones (excluding diaryl/α,β-unsaturated/α-hetero) is 1. The summed E-state index contributed by atoms with van der Waals surface area (Å²) in [6, 6.07) is 0. The van der Waals surface area contributed by atoms with Crippen LogP contribution in [0, 0.1) is 36.5 Å². The third-order valence-electron chi connectivity index (χ3n) is 14.6. The molecule has 72 heavy (non-hydrogen) atoms. The van der Waals surface area contributed by atoms with Crippen LogP contribution in [0.15, 0.2) is 46.1 Å². The zero-order valence-corrected chi connectivity index (χ0v) is 44.1. The molecular formula is C54H77N5O13. The number of anilines is 1. The van der Waals surface area contributed by atoms with E-state index >= 15 is 0 Å². The largest absolute Gasteiger partial charge is 0.507 e. The topological polar surface area (TPSA) is 239 Å². The number of carbonyl (C=O) groups is 4. The van der Waals surface area contributed by atoms with Crippen LogP contribution >= 0.6 is 0 Å². The normalized spacial score (nSPS) is 29.5. The van der Waals surface area contributed by atoms with Gasteiger partial charge in [-0.3, -0.25) is 29.2 Å². The Balaban J connectivity index is 1.40. The van der Waals surface area contributed by atoms with E-state index in [9.17, 15) is 39.6 Å². The van der Waals surface area contributed by atoms with E-state index in [0.29, 0.717) is 38.3 Å². The molecule has 2 aromatic carbocycles. The summed E-state index contributed by atoms with van der Waals surface area (Å²) in [5.41, 5.74) is -0.679. The second-order valence-corrected chi connectivity index (χ2v) is 21.1. The number of esters is 2. The van der Waals surface area contributed by atoms with Gasteiger partial charge in [-0.2, -0.15) is 0 Å². The molecule has 0 aromatic heterocycles. The Morgan fingerprint density at radius 2 is 1.58 bits per heavy atom. The molecule has 4 heterocycles. The van der Waals surface area contributed by atoms with Gasteiger partial charge in [0.2, 0.25) is 0 Å². The van der Waals surface area contributed by atoms with Crippen molar-refractivity contribution in [2.75, 3.05) is 59.3 Å². The molecule has 1 unspecified atom stereocenters. The van der Waals surface area contributed by atoms with E-state index in [1.54, 1.807) is 59.8 Å². The molecule has 0 radical (unpaired) electrons. The Morgan fingerprint density at radius 3 is 2.24 bits per heavy atom. The van der Waals surface area contributed by atoms with Gasteiger partial charge in [0.05, 0.1) is 47.5 Å². The van der Waals surface area contributed by atoms with Gasteiger partial charge in [-0.1, -0.05) is 59.8 Å². The standard InChI is InChI=1S/C54H77N5O13/c1-29(2)28-59-24-21-54(22-25-59)56-42-39-40-47(64)35(8)50-41(39)51(66)53(9,72-50)70-27-20-36(68-12)32(5)49(71-38(61)19-14-18-37(60)69-26-15-23-58(10)11)34(7)46(63)33(6)45(62)30(3)16-13-17-31(4)52(67)55-44(48(40)65)43(42)57-54/h13,16-17,20,27,29-30,32-34,36,45-46,49,62-65H,14-15,18-19,21-26,28H2,1-12H3,(H,55,67)/b16-13+,27-20+,31-17-/t30-,32+,33+,34+,36-,45-,46+,49+,53?/m0/s1. The number of carbonyl (C=O) groups excluding carboxylic acids is 4. The maximum atomic E-state index is 14.9. The lowest BCUT2D eigenvalue weighted by Gasteiger charge is -2.38. The molecule has 5 N–H and O–H groups in total. The first-order valence-electron chi connectivity index (χ1n) is 25.3. The SMILES string of the molecule is CO[C@H]1/C=C/OC2(C)Oc3c(C)c(O)c4c(O)c(c5c(c4c3C2=O)=NC2(CCN(CC(C)C)CC2)N=5)NC(=O)/C(C)=C\C=C\[C@H](C)[C@H](O)[C@@H](C)[C@@H](O)[C@@H](C)[C@H](OC(=O)CCCC(=O)OCCCN(C)C)[C@@H]1C. The fourth-order valence-electron chi connectivity index (χ4n) is 10.2. The minimum Gasteiger partial charge on any atom is -0.507 e. The van der Waals surface area contributed by atoms with E-state index in [4.69, 9.17) is 33.7 Å². The highest BCUT2D eigenvalue weighted by atomic mass is 16.7. The minimum atomic E-state index is -2.01. The molecule has 396 valence electrons. The van der Waals surface area contributed by atoms with Crippen molar-refractivity contribution >= 4 is 40.1 Å². The number of benzene rings is 2. The Morgan fingerprint density at radius 1 is 0.917 bits per heavy atom. The number of ether oxygens (including phenoxy) is 5. The number of phenols is 2. The zero-order valence-electron chi connectivity index (χ0n) is 44.1. The molecule has 4 bridgehead atoms. The third kappa shape index (κ3) is 12.0. The summed E-state index contributed by atoms with van der Waals surface area (Å²) in [5, 5.41) is 50.9. The number of hydrogen-bond acceptors (Lipinski definition) is 17. The van der Waals surface area contributed by atoms with E-state index in [2.05, 4.69) is 24.1 Å². The number of aliphatic hydroxyl groups excluding tert-OH is 2. The van der Waals surface area contributed by atoms with Crippen molar-refractivity contribution in [2.45, 2.75) is 137 Å². The fourth-order valence-corrected chi connectivity index (χ4v) is 10.2. The summed E-state index contributed by atoms with van der Waals surface area (Å²) in [6.45, 7) is 19.1. The number of amides is 1. The van der Waals surface area contributed by atoms with Crippen LogP contribution < -0.4 is 20.8 Å². The fraction of sp³-hybridized carbons (Fsp3) is 0.630. The molecule has 0 saturated carbocycles. The Kier molecular flexibility index (Phi) is 18.0. The first-order valence-corrected chi connectivity index (χ1v) is 25.3. The number of likely N-dealkylation sites (tertiary alicyclic amines) is 1. The molecule has 6 rings (SSSR count). The van der Waals surface area contributed by atoms with E-state index < -0.39 is 94.7 Å². The monoisotopic (exact) mass is 1000 g/mol. The van der Waals surface area contributed by atoms with E-state index in [0.717, 1.165) is 13.1 Å². The quantitative estimate of drug-likeness (QED) is 0.102. The highest BCUT2D eigenvalue weighted by molar-refractivity contribution is 6.19. The summed E-state index contributed by atoms with van der Waals surface area (Å²) in [5.74, 6) is -7.42. The average molecular weight is 1000 g/mol. The van der Waals surface area contributed by atoms with Crippen LogP contribution in [-0.4, -0.2) is 144 Å². The number of phenolic OH excluding ortho intramolecular Hbond substituents is 2. The maximum Gasteiger partial charge on any atom is 0.312 e. The molecular weight excluding hydrogens is 927 g/mol. The molecule has 9 atom stereocenters. The van der Waals surface area contributed by atoms with Crippen molar-refractivity contribution in [3.63, 3.8) is 0 Å². The molecule has 1 fully saturated rings. The second kappa shape index (κ2) is 23.2. The number of aromatic hydroxyl groups is 2. The number of nitrogens with one attached hydrogen (secondary N) is 1. The number of aliphatic hydroxyl groups is 2. The molecule has 1 spiro atoms. The highest BCUT2D eigenvalue weighted by Gasteiger charge is 2.50. The van der Waals surface area contributed by atoms with Crippen molar-refractivity contribution in [3.8, 4) is 17.2 Å². The van der Waals surface area contributed by atoms with Gasteiger partial charge in [-0.15, -0.1) is 0 Å².